The number of fused-ring (bicyclic) bond motifs is 2. The number of aryl methyl sites for hydroxylation is 1. The van der Waals surface area contributed by atoms with E-state index >= 15 is 0 Å². The van der Waals surface area contributed by atoms with Crippen molar-refractivity contribution in [3.05, 3.63) is 113 Å². The molecule has 0 bridgehead atoms. The third-order valence-corrected chi connectivity index (χ3v) is 8.22. The van der Waals surface area contributed by atoms with Gasteiger partial charge < -0.3 is 23.5 Å². The zero-order valence-corrected chi connectivity index (χ0v) is 25.3. The van der Waals surface area contributed by atoms with Gasteiger partial charge in [0.05, 0.1) is 11.4 Å². The average Bonchev–Trinajstić information content (AvgIpc) is 3.79. The fourth-order valence-electron chi connectivity index (χ4n) is 5.93. The third-order valence-electron chi connectivity index (χ3n) is 8.22. The lowest BCUT2D eigenvalue weighted by molar-refractivity contribution is 0.173. The van der Waals surface area contributed by atoms with E-state index in [0.29, 0.717) is 6.54 Å². The van der Waals surface area contributed by atoms with E-state index in [1.807, 2.05) is 12.1 Å². The summed E-state index contributed by atoms with van der Waals surface area (Å²) in [4.78, 5) is 7.83. The predicted molar refractivity (Wildman–Crippen MR) is 171 cm³/mol. The first kappa shape index (κ1) is 28.0. The van der Waals surface area contributed by atoms with Gasteiger partial charge >= 0.3 is 0 Å². The summed E-state index contributed by atoms with van der Waals surface area (Å²) < 4.78 is 25.1. The molecule has 0 saturated heterocycles. The third kappa shape index (κ3) is 5.88. The second kappa shape index (κ2) is 12.5. The van der Waals surface area contributed by atoms with Crippen molar-refractivity contribution in [1.82, 2.24) is 14.5 Å². The molecule has 0 saturated carbocycles. The number of nitrogens with zero attached hydrogens (tertiary/aromatic N) is 3. The van der Waals surface area contributed by atoms with Gasteiger partial charge in [0.2, 0.25) is 13.6 Å². The molecule has 7 heteroatoms. The van der Waals surface area contributed by atoms with Crippen molar-refractivity contribution >= 4 is 0 Å². The number of ether oxygens (including phenoxy) is 4. The summed E-state index contributed by atoms with van der Waals surface area (Å²) in [5, 5.41) is 0. The topological polar surface area (TPSA) is 58.0 Å². The highest BCUT2D eigenvalue weighted by Crippen LogP contribution is 2.36. The van der Waals surface area contributed by atoms with Gasteiger partial charge in [0.1, 0.15) is 5.82 Å². The summed E-state index contributed by atoms with van der Waals surface area (Å²) in [6.07, 6.45) is 2.17. The SMILES string of the molecule is CCCCn1c(-c2ccc(C)cc2)nc(-c2ccccc2)c1CN(Cc1ccc2c(c1)OCO2)Cc1ccc2c(c1)OCO2. The molecule has 0 unspecified atom stereocenters. The Balaban J connectivity index is 1.31. The zero-order valence-electron chi connectivity index (χ0n) is 25.3. The van der Waals surface area contributed by atoms with Crippen molar-refractivity contribution in [2.24, 2.45) is 0 Å². The van der Waals surface area contributed by atoms with E-state index in [1.165, 1.54) is 11.3 Å². The molecule has 0 radical (unpaired) electrons. The Bertz CT molecular complexity index is 1690. The van der Waals surface area contributed by atoms with Gasteiger partial charge in [-0.15, -0.1) is 0 Å². The van der Waals surface area contributed by atoms with E-state index in [4.69, 9.17) is 23.9 Å². The van der Waals surface area contributed by atoms with Gasteiger partial charge in [-0.05, 0) is 48.7 Å². The predicted octanol–water partition coefficient (Wildman–Crippen LogP) is 7.99. The molecule has 0 N–H and O–H groups in total. The molecule has 1 aromatic heterocycles. The summed E-state index contributed by atoms with van der Waals surface area (Å²) in [6.45, 7) is 7.93. The minimum atomic E-state index is 0.262. The molecule has 4 aromatic carbocycles. The molecule has 224 valence electrons. The maximum atomic E-state index is 5.72. The van der Waals surface area contributed by atoms with Crippen molar-refractivity contribution < 1.29 is 18.9 Å². The lowest BCUT2D eigenvalue weighted by Gasteiger charge is -2.25. The summed E-state index contributed by atoms with van der Waals surface area (Å²) in [5.74, 6) is 4.19. The summed E-state index contributed by atoms with van der Waals surface area (Å²) in [6, 6.07) is 31.7. The van der Waals surface area contributed by atoms with Gasteiger partial charge in [0, 0.05) is 37.3 Å². The van der Waals surface area contributed by atoms with Crippen LogP contribution < -0.4 is 18.9 Å². The van der Waals surface area contributed by atoms with E-state index in [9.17, 15) is 0 Å². The van der Waals surface area contributed by atoms with Crippen LogP contribution in [0.3, 0.4) is 0 Å². The fraction of sp³-hybridized carbons (Fsp3) is 0.270. The number of rotatable bonds is 11. The van der Waals surface area contributed by atoms with Crippen LogP contribution in [0.4, 0.5) is 0 Å². The quantitative estimate of drug-likeness (QED) is 0.156. The van der Waals surface area contributed by atoms with Crippen LogP contribution in [0.25, 0.3) is 22.6 Å². The van der Waals surface area contributed by atoms with E-state index < -0.39 is 0 Å². The number of hydrogen-bond donors (Lipinski definition) is 0. The zero-order chi connectivity index (χ0) is 29.9. The van der Waals surface area contributed by atoms with Crippen molar-refractivity contribution in [1.29, 1.82) is 0 Å². The number of aromatic nitrogens is 2. The maximum Gasteiger partial charge on any atom is 0.231 e. The Morgan fingerprint density at radius 1 is 0.682 bits per heavy atom. The van der Waals surface area contributed by atoms with Gasteiger partial charge in [-0.3, -0.25) is 4.90 Å². The Morgan fingerprint density at radius 3 is 1.91 bits per heavy atom. The molecule has 0 amide bonds. The molecule has 2 aliphatic rings. The van der Waals surface area contributed by atoms with Gasteiger partial charge in [0.15, 0.2) is 23.0 Å². The van der Waals surface area contributed by atoms with E-state index in [2.05, 4.69) is 102 Å². The summed E-state index contributed by atoms with van der Waals surface area (Å²) in [5.41, 5.74) is 8.05. The van der Waals surface area contributed by atoms with Crippen LogP contribution in [0.2, 0.25) is 0 Å². The second-order valence-electron chi connectivity index (χ2n) is 11.5. The molecule has 2 aliphatic heterocycles. The molecule has 3 heterocycles. The van der Waals surface area contributed by atoms with E-state index in [0.717, 1.165) is 89.2 Å². The van der Waals surface area contributed by atoms with Crippen LogP contribution in [0.15, 0.2) is 91.0 Å². The van der Waals surface area contributed by atoms with Crippen LogP contribution in [0, 0.1) is 6.92 Å². The van der Waals surface area contributed by atoms with Gasteiger partial charge in [-0.1, -0.05) is 85.6 Å². The molecule has 7 nitrogen and oxygen atoms in total. The van der Waals surface area contributed by atoms with Gasteiger partial charge in [-0.2, -0.15) is 0 Å². The van der Waals surface area contributed by atoms with Crippen molar-refractivity contribution in [2.75, 3.05) is 13.6 Å². The largest absolute Gasteiger partial charge is 0.454 e. The smallest absolute Gasteiger partial charge is 0.231 e. The minimum Gasteiger partial charge on any atom is -0.454 e. The molecule has 0 atom stereocenters. The maximum absolute atomic E-state index is 5.72. The molecular formula is C37H37N3O4. The van der Waals surface area contributed by atoms with Crippen LogP contribution in [0.1, 0.15) is 42.1 Å². The molecule has 7 rings (SSSR count). The first-order chi connectivity index (χ1) is 21.6. The van der Waals surface area contributed by atoms with Crippen LogP contribution in [-0.2, 0) is 26.2 Å². The summed E-state index contributed by atoms with van der Waals surface area (Å²) >= 11 is 0. The van der Waals surface area contributed by atoms with E-state index in [1.54, 1.807) is 0 Å². The Kier molecular flexibility index (Phi) is 7.95. The second-order valence-corrected chi connectivity index (χ2v) is 11.5. The van der Waals surface area contributed by atoms with Crippen LogP contribution in [0.5, 0.6) is 23.0 Å². The highest BCUT2D eigenvalue weighted by atomic mass is 16.7. The first-order valence-corrected chi connectivity index (χ1v) is 15.4. The Morgan fingerprint density at radius 2 is 1.30 bits per heavy atom. The minimum absolute atomic E-state index is 0.262. The van der Waals surface area contributed by atoms with Crippen LogP contribution in [-0.4, -0.2) is 28.0 Å². The van der Waals surface area contributed by atoms with Gasteiger partial charge in [0.25, 0.3) is 0 Å². The Labute approximate surface area is 258 Å². The summed E-state index contributed by atoms with van der Waals surface area (Å²) in [7, 11) is 0. The monoisotopic (exact) mass is 587 g/mol. The number of hydrogen-bond acceptors (Lipinski definition) is 6. The lowest BCUT2D eigenvalue weighted by atomic mass is 10.1. The highest BCUT2D eigenvalue weighted by Gasteiger charge is 2.24. The van der Waals surface area contributed by atoms with Gasteiger partial charge in [-0.25, -0.2) is 4.98 Å². The Hall–Kier alpha value is -4.75. The normalized spacial score (nSPS) is 13.2. The highest BCUT2D eigenvalue weighted by molar-refractivity contribution is 5.68. The molecule has 44 heavy (non-hydrogen) atoms. The van der Waals surface area contributed by atoms with Crippen molar-refractivity contribution in [2.45, 2.75) is 52.9 Å². The number of unbranched alkanes of at least 4 members (excludes halogenated alkanes) is 1. The molecule has 0 fully saturated rings. The first-order valence-electron chi connectivity index (χ1n) is 15.4. The van der Waals surface area contributed by atoms with Crippen molar-refractivity contribution in [3.8, 4) is 45.6 Å². The molecule has 0 spiro atoms. The molecule has 0 aliphatic carbocycles. The number of imidazole rings is 1. The average molecular weight is 588 g/mol. The standard InChI is InChI=1S/C37H37N3O4/c1-3-4-18-40-31(36(29-8-6-5-7-9-29)38-37(40)30-14-10-26(2)11-15-30)23-39(21-27-12-16-32-34(19-27)43-24-41-32)22-28-13-17-33-35(20-28)44-25-42-33/h5-17,19-20H,3-4,18,21-25H2,1-2H3. The fourth-order valence-corrected chi connectivity index (χ4v) is 5.93. The molecule has 5 aromatic rings. The van der Waals surface area contributed by atoms with Crippen molar-refractivity contribution in [3.63, 3.8) is 0 Å². The van der Waals surface area contributed by atoms with Crippen LogP contribution >= 0.6 is 0 Å². The number of benzene rings is 4. The lowest BCUT2D eigenvalue weighted by Crippen LogP contribution is -2.24. The molecular weight excluding hydrogens is 550 g/mol. The van der Waals surface area contributed by atoms with E-state index in [-0.39, 0.29) is 13.6 Å².